The Morgan fingerprint density at radius 2 is 1.66 bits per heavy atom. The maximum absolute atomic E-state index is 13.5. The fraction of sp³-hybridized carbons (Fsp3) is 0.158. The van der Waals surface area contributed by atoms with E-state index in [2.05, 4.69) is 5.32 Å². The minimum atomic E-state index is -4.66. The van der Waals surface area contributed by atoms with Gasteiger partial charge in [0.25, 0.3) is 10.0 Å². The van der Waals surface area contributed by atoms with Gasteiger partial charge in [-0.2, -0.15) is 13.2 Å². The number of rotatable bonds is 5. The van der Waals surface area contributed by atoms with Crippen LogP contribution < -0.4 is 5.32 Å². The average Bonchev–Trinajstić information content (AvgIpc) is 3.06. The zero-order chi connectivity index (χ0) is 20.5. The summed E-state index contributed by atoms with van der Waals surface area (Å²) >= 11 is 0. The van der Waals surface area contributed by atoms with Crippen LogP contribution in [0.3, 0.4) is 0 Å². The lowest BCUT2D eigenvalue weighted by molar-refractivity contribution is -0.137. The van der Waals surface area contributed by atoms with Crippen LogP contribution in [0.25, 0.3) is 11.3 Å². The molecule has 0 aliphatic carbocycles. The lowest BCUT2D eigenvalue weighted by Crippen LogP contribution is -2.15. The van der Waals surface area contributed by atoms with Gasteiger partial charge in [0.05, 0.1) is 16.2 Å². The fourth-order valence-electron chi connectivity index (χ4n) is 2.87. The number of benzene rings is 2. The first-order chi connectivity index (χ1) is 13.1. The van der Waals surface area contributed by atoms with Crippen molar-refractivity contribution in [2.45, 2.75) is 17.6 Å². The molecule has 0 amide bonds. The molecule has 0 atom stereocenters. The molecule has 0 saturated heterocycles. The molecule has 29 heavy (non-hydrogen) atoms. The third-order valence-corrected chi connectivity index (χ3v) is 5.79. The van der Waals surface area contributed by atoms with Gasteiger partial charge in [0.2, 0.25) is 0 Å². The topological polar surface area (TPSA) is 51.1 Å². The summed E-state index contributed by atoms with van der Waals surface area (Å²) < 4.78 is 80.5. The van der Waals surface area contributed by atoms with Gasteiger partial charge in [-0.1, -0.05) is 18.2 Å². The van der Waals surface area contributed by atoms with Gasteiger partial charge in [0.1, 0.15) is 5.82 Å². The molecular formula is C19H17ClF4N2O2S. The summed E-state index contributed by atoms with van der Waals surface area (Å²) in [6, 6.07) is 10.3. The second-order valence-corrected chi connectivity index (χ2v) is 7.88. The fourth-order valence-corrected chi connectivity index (χ4v) is 4.26. The zero-order valence-corrected chi connectivity index (χ0v) is 16.7. The van der Waals surface area contributed by atoms with Crippen molar-refractivity contribution in [3.63, 3.8) is 0 Å². The molecule has 2 aromatic carbocycles. The van der Waals surface area contributed by atoms with Crippen LogP contribution in [-0.4, -0.2) is 19.4 Å². The van der Waals surface area contributed by atoms with E-state index in [4.69, 9.17) is 0 Å². The molecule has 0 fully saturated rings. The summed E-state index contributed by atoms with van der Waals surface area (Å²) in [5.41, 5.74) is -0.842. The van der Waals surface area contributed by atoms with Crippen molar-refractivity contribution >= 4 is 22.4 Å². The lowest BCUT2D eigenvalue weighted by Gasteiger charge is -2.15. The maximum atomic E-state index is 13.5. The van der Waals surface area contributed by atoms with Crippen molar-refractivity contribution < 1.29 is 26.0 Å². The summed E-state index contributed by atoms with van der Waals surface area (Å²) in [5, 5.41) is 2.84. The van der Waals surface area contributed by atoms with E-state index in [1.54, 1.807) is 7.05 Å². The van der Waals surface area contributed by atoms with Crippen LogP contribution in [0.15, 0.2) is 65.7 Å². The van der Waals surface area contributed by atoms with Gasteiger partial charge in [-0.3, -0.25) is 0 Å². The Morgan fingerprint density at radius 3 is 2.24 bits per heavy atom. The number of alkyl halides is 3. The van der Waals surface area contributed by atoms with E-state index < -0.39 is 27.6 Å². The van der Waals surface area contributed by atoms with Crippen LogP contribution >= 0.6 is 12.4 Å². The molecule has 0 aliphatic heterocycles. The van der Waals surface area contributed by atoms with E-state index in [0.717, 1.165) is 34.3 Å². The molecule has 0 spiro atoms. The molecule has 1 heterocycles. The van der Waals surface area contributed by atoms with E-state index >= 15 is 0 Å². The van der Waals surface area contributed by atoms with Gasteiger partial charge >= 0.3 is 6.18 Å². The Kier molecular flexibility index (Phi) is 6.77. The highest BCUT2D eigenvalue weighted by Crippen LogP contribution is 2.38. The van der Waals surface area contributed by atoms with E-state index in [1.165, 1.54) is 30.5 Å². The lowest BCUT2D eigenvalue weighted by atomic mass is 10.0. The van der Waals surface area contributed by atoms with Crippen LogP contribution in [0, 0.1) is 5.82 Å². The summed E-state index contributed by atoms with van der Waals surface area (Å²) in [6.45, 7) is 0.257. The summed E-state index contributed by atoms with van der Waals surface area (Å²) in [6.07, 6.45) is -3.40. The minimum absolute atomic E-state index is 0. The Labute approximate surface area is 171 Å². The molecule has 0 bridgehead atoms. The molecule has 0 unspecified atom stereocenters. The maximum Gasteiger partial charge on any atom is 0.417 e. The molecule has 156 valence electrons. The first kappa shape index (κ1) is 22.9. The number of halogens is 5. The normalized spacial score (nSPS) is 11.9. The molecule has 3 rings (SSSR count). The number of nitrogens with zero attached hydrogens (tertiary/aromatic N) is 1. The third kappa shape index (κ3) is 4.63. The van der Waals surface area contributed by atoms with Gasteiger partial charge in [-0.15, -0.1) is 12.4 Å². The molecule has 0 saturated carbocycles. The Bertz CT molecular complexity index is 1090. The van der Waals surface area contributed by atoms with Crippen molar-refractivity contribution in [1.82, 2.24) is 9.29 Å². The highest BCUT2D eigenvalue weighted by Gasteiger charge is 2.35. The van der Waals surface area contributed by atoms with E-state index in [0.29, 0.717) is 5.56 Å². The largest absolute Gasteiger partial charge is 0.417 e. The van der Waals surface area contributed by atoms with Gasteiger partial charge in [-0.05, 0) is 49.0 Å². The summed E-state index contributed by atoms with van der Waals surface area (Å²) in [4.78, 5) is -0.230. The van der Waals surface area contributed by atoms with Crippen molar-refractivity contribution in [1.29, 1.82) is 0 Å². The van der Waals surface area contributed by atoms with E-state index in [-0.39, 0.29) is 35.1 Å². The smallest absolute Gasteiger partial charge is 0.316 e. The first-order valence-electron chi connectivity index (χ1n) is 8.18. The summed E-state index contributed by atoms with van der Waals surface area (Å²) in [7, 11) is -2.61. The molecule has 1 N–H and O–H groups in total. The quantitative estimate of drug-likeness (QED) is 0.576. The van der Waals surface area contributed by atoms with Gasteiger partial charge in [0.15, 0.2) is 0 Å². The molecule has 0 aliphatic rings. The second-order valence-electron chi connectivity index (χ2n) is 6.06. The number of nitrogens with one attached hydrogen (secondary N) is 1. The second kappa shape index (κ2) is 8.56. The van der Waals surface area contributed by atoms with Gasteiger partial charge in [-0.25, -0.2) is 16.8 Å². The SMILES string of the molecule is CNCc1cc(-c2ccccc2C(F)(F)F)n(S(=O)(=O)c2ccc(F)cc2)c1.Cl. The molecule has 4 nitrogen and oxygen atoms in total. The van der Waals surface area contributed by atoms with E-state index in [9.17, 15) is 26.0 Å². The van der Waals surface area contributed by atoms with Crippen LogP contribution in [0.2, 0.25) is 0 Å². The third-order valence-electron chi connectivity index (χ3n) is 4.10. The number of hydrogen-bond acceptors (Lipinski definition) is 3. The predicted molar refractivity (Wildman–Crippen MR) is 104 cm³/mol. The van der Waals surface area contributed by atoms with Gasteiger partial charge < -0.3 is 5.32 Å². The van der Waals surface area contributed by atoms with Crippen molar-refractivity contribution in [3.05, 3.63) is 77.7 Å². The molecule has 3 aromatic rings. The molecule has 10 heteroatoms. The van der Waals surface area contributed by atoms with Crippen molar-refractivity contribution in [2.24, 2.45) is 0 Å². The molecule has 1 aromatic heterocycles. The highest BCUT2D eigenvalue weighted by atomic mass is 35.5. The summed E-state index contributed by atoms with van der Waals surface area (Å²) in [5.74, 6) is -0.620. The van der Waals surface area contributed by atoms with Gasteiger partial charge in [0, 0.05) is 18.3 Å². The van der Waals surface area contributed by atoms with E-state index in [1.807, 2.05) is 0 Å². The standard InChI is InChI=1S/C19H16F4N2O2S.ClH/c1-24-11-13-10-18(16-4-2-3-5-17(16)19(21,22)23)25(12-13)28(26,27)15-8-6-14(20)7-9-15;/h2-10,12,24H,11H2,1H3;1H. The molecule has 0 radical (unpaired) electrons. The van der Waals surface area contributed by atoms with Crippen molar-refractivity contribution in [3.8, 4) is 11.3 Å². The number of aromatic nitrogens is 1. The highest BCUT2D eigenvalue weighted by molar-refractivity contribution is 7.90. The van der Waals surface area contributed by atoms with Crippen LogP contribution in [0.4, 0.5) is 17.6 Å². The zero-order valence-electron chi connectivity index (χ0n) is 15.1. The number of hydrogen-bond donors (Lipinski definition) is 1. The average molecular weight is 449 g/mol. The Morgan fingerprint density at radius 1 is 1.03 bits per heavy atom. The Hall–Kier alpha value is -2.36. The van der Waals surface area contributed by atoms with Crippen LogP contribution in [-0.2, 0) is 22.7 Å². The minimum Gasteiger partial charge on any atom is -0.316 e. The van der Waals surface area contributed by atoms with Crippen LogP contribution in [0.1, 0.15) is 11.1 Å². The Balaban J connectivity index is 0.00000300. The van der Waals surface area contributed by atoms with Crippen LogP contribution in [0.5, 0.6) is 0 Å². The monoisotopic (exact) mass is 448 g/mol. The molecular weight excluding hydrogens is 432 g/mol. The predicted octanol–water partition coefficient (Wildman–Crippen LogP) is 4.69. The van der Waals surface area contributed by atoms with Crippen molar-refractivity contribution in [2.75, 3.05) is 7.05 Å². The first-order valence-corrected chi connectivity index (χ1v) is 9.62.